The summed E-state index contributed by atoms with van der Waals surface area (Å²) in [7, 11) is 2.02. The molecule has 1 aliphatic rings. The van der Waals surface area contributed by atoms with Crippen LogP contribution >= 0.6 is 0 Å². The van der Waals surface area contributed by atoms with E-state index < -0.39 is 12.1 Å². The number of aliphatic hydroxyl groups excluding tert-OH is 1. The largest absolute Gasteiger partial charge is 0.479 e. The third-order valence-corrected chi connectivity index (χ3v) is 3.03. The maximum absolute atomic E-state index is 10.8. The van der Waals surface area contributed by atoms with Gasteiger partial charge in [-0.2, -0.15) is 0 Å². The molecule has 1 saturated heterocycles. The summed E-state index contributed by atoms with van der Waals surface area (Å²) in [6.07, 6.45) is -1.41. The number of hydrogen-bond acceptors (Lipinski definition) is 3. The predicted molar refractivity (Wildman–Crippen MR) is 59.3 cm³/mol. The highest BCUT2D eigenvalue weighted by Crippen LogP contribution is 2.31. The van der Waals surface area contributed by atoms with Crippen LogP contribution in [0.4, 0.5) is 0 Å². The van der Waals surface area contributed by atoms with E-state index in [9.17, 15) is 9.90 Å². The van der Waals surface area contributed by atoms with E-state index in [2.05, 4.69) is 4.90 Å². The van der Waals surface area contributed by atoms with E-state index in [0.717, 1.165) is 18.7 Å². The Kier molecular flexibility index (Phi) is 2.94. The van der Waals surface area contributed by atoms with Gasteiger partial charge in [0, 0.05) is 19.0 Å². The van der Waals surface area contributed by atoms with E-state index >= 15 is 0 Å². The molecule has 1 aromatic carbocycles. The Hall–Kier alpha value is -1.39. The second-order valence-electron chi connectivity index (χ2n) is 4.29. The molecule has 0 aliphatic carbocycles. The zero-order chi connectivity index (χ0) is 11.7. The first-order chi connectivity index (χ1) is 7.59. The maximum atomic E-state index is 10.8. The summed E-state index contributed by atoms with van der Waals surface area (Å²) in [4.78, 5) is 12.9. The number of rotatable bonds is 3. The number of aliphatic carboxylic acids is 1. The minimum Gasteiger partial charge on any atom is -0.479 e. The fourth-order valence-electron chi connectivity index (χ4n) is 2.16. The molecule has 0 spiro atoms. The molecule has 16 heavy (non-hydrogen) atoms. The van der Waals surface area contributed by atoms with Crippen molar-refractivity contribution >= 4 is 5.97 Å². The number of nitrogens with zero attached hydrogens (tertiary/aromatic N) is 1. The van der Waals surface area contributed by atoms with Crippen molar-refractivity contribution in [1.82, 2.24) is 4.90 Å². The lowest BCUT2D eigenvalue weighted by atomic mass is 9.87. The van der Waals surface area contributed by atoms with E-state index in [0.29, 0.717) is 11.5 Å². The summed E-state index contributed by atoms with van der Waals surface area (Å²) in [5, 5.41) is 18.4. The van der Waals surface area contributed by atoms with Crippen LogP contribution in [0.3, 0.4) is 0 Å². The first kappa shape index (κ1) is 11.1. The zero-order valence-electron chi connectivity index (χ0n) is 9.13. The van der Waals surface area contributed by atoms with E-state index in [1.165, 1.54) is 0 Å². The average molecular weight is 221 g/mol. The molecule has 1 unspecified atom stereocenters. The molecular weight excluding hydrogens is 206 g/mol. The molecule has 0 bridgehead atoms. The molecule has 4 nitrogen and oxygen atoms in total. The van der Waals surface area contributed by atoms with Crippen LogP contribution in [0.2, 0.25) is 0 Å². The fraction of sp³-hybridized carbons (Fsp3) is 0.417. The lowest BCUT2D eigenvalue weighted by Gasteiger charge is -2.37. The molecule has 0 radical (unpaired) electrons. The summed E-state index contributed by atoms with van der Waals surface area (Å²) < 4.78 is 0. The van der Waals surface area contributed by atoms with Gasteiger partial charge in [0.2, 0.25) is 0 Å². The van der Waals surface area contributed by atoms with E-state index in [1.807, 2.05) is 19.2 Å². The van der Waals surface area contributed by atoms with Gasteiger partial charge in [-0.15, -0.1) is 0 Å². The number of benzene rings is 1. The molecule has 0 aromatic heterocycles. The highest BCUT2D eigenvalue weighted by atomic mass is 16.4. The van der Waals surface area contributed by atoms with Crippen molar-refractivity contribution in [2.24, 2.45) is 0 Å². The topological polar surface area (TPSA) is 60.8 Å². The molecule has 2 rings (SSSR count). The van der Waals surface area contributed by atoms with E-state index in [1.54, 1.807) is 12.1 Å². The Morgan fingerprint density at radius 2 is 2.06 bits per heavy atom. The quantitative estimate of drug-likeness (QED) is 0.793. The van der Waals surface area contributed by atoms with Crippen molar-refractivity contribution in [2.45, 2.75) is 12.0 Å². The zero-order valence-corrected chi connectivity index (χ0v) is 9.13. The van der Waals surface area contributed by atoms with Gasteiger partial charge in [-0.25, -0.2) is 4.79 Å². The fourth-order valence-corrected chi connectivity index (χ4v) is 2.16. The molecule has 1 aromatic rings. The van der Waals surface area contributed by atoms with Crippen LogP contribution in [0.15, 0.2) is 24.3 Å². The number of carboxylic acids is 1. The summed E-state index contributed by atoms with van der Waals surface area (Å²) in [5.74, 6) is -0.852. The smallest absolute Gasteiger partial charge is 0.337 e. The van der Waals surface area contributed by atoms with Crippen LogP contribution in [0.25, 0.3) is 0 Å². The highest BCUT2D eigenvalue weighted by molar-refractivity contribution is 5.74. The van der Waals surface area contributed by atoms with Gasteiger partial charge in [0.1, 0.15) is 0 Å². The minimum atomic E-state index is -1.41. The number of carbonyl (C=O) groups is 1. The summed E-state index contributed by atoms with van der Waals surface area (Å²) in [6.45, 7) is 1.84. The second kappa shape index (κ2) is 4.23. The van der Waals surface area contributed by atoms with Gasteiger partial charge >= 0.3 is 5.97 Å². The lowest BCUT2D eigenvalue weighted by Crippen LogP contribution is -2.42. The Balaban J connectivity index is 2.27. The molecule has 1 aliphatic heterocycles. The highest BCUT2D eigenvalue weighted by Gasteiger charge is 2.29. The van der Waals surface area contributed by atoms with E-state index in [-0.39, 0.29) is 0 Å². The first-order valence-electron chi connectivity index (χ1n) is 5.28. The van der Waals surface area contributed by atoms with Crippen LogP contribution in [-0.4, -0.2) is 41.2 Å². The molecule has 86 valence electrons. The van der Waals surface area contributed by atoms with Crippen molar-refractivity contribution in [3.05, 3.63) is 35.4 Å². The summed E-state index contributed by atoms with van der Waals surface area (Å²) in [5.41, 5.74) is 1.48. The van der Waals surface area contributed by atoms with Gasteiger partial charge in [0.25, 0.3) is 0 Å². The number of hydrogen-bond donors (Lipinski definition) is 2. The Labute approximate surface area is 94.1 Å². The number of aliphatic hydroxyl groups is 1. The third-order valence-electron chi connectivity index (χ3n) is 3.03. The van der Waals surface area contributed by atoms with Gasteiger partial charge in [-0.05, 0) is 18.2 Å². The van der Waals surface area contributed by atoms with Crippen molar-refractivity contribution < 1.29 is 15.0 Å². The first-order valence-corrected chi connectivity index (χ1v) is 5.28. The van der Waals surface area contributed by atoms with E-state index in [4.69, 9.17) is 5.11 Å². The summed E-state index contributed by atoms with van der Waals surface area (Å²) in [6, 6.07) is 7.23. The Morgan fingerprint density at radius 1 is 1.44 bits per heavy atom. The molecule has 0 saturated carbocycles. The van der Waals surface area contributed by atoms with Gasteiger partial charge < -0.3 is 15.1 Å². The SMILES string of the molecule is CN1CC(c2ccccc2C(O)C(=O)O)C1. The Bertz CT molecular complexity index is 399. The maximum Gasteiger partial charge on any atom is 0.337 e. The van der Waals surface area contributed by atoms with Crippen molar-refractivity contribution in [3.63, 3.8) is 0 Å². The molecule has 1 atom stereocenters. The predicted octanol–water partition coefficient (Wildman–Crippen LogP) is 0.834. The van der Waals surface area contributed by atoms with Gasteiger partial charge in [0.05, 0.1) is 0 Å². The summed E-state index contributed by atoms with van der Waals surface area (Å²) >= 11 is 0. The standard InChI is InChI=1S/C12H15NO3/c1-13-6-8(7-13)9-4-2-3-5-10(9)11(14)12(15)16/h2-5,8,11,14H,6-7H2,1H3,(H,15,16). The van der Waals surface area contributed by atoms with Gasteiger partial charge in [-0.3, -0.25) is 0 Å². The molecule has 1 heterocycles. The average Bonchev–Trinajstić information content (AvgIpc) is 2.24. The number of likely N-dealkylation sites (N-methyl/N-ethyl adjacent to an activating group) is 1. The molecule has 2 N–H and O–H groups in total. The normalized spacial score (nSPS) is 19.1. The van der Waals surface area contributed by atoms with Crippen LogP contribution in [0, 0.1) is 0 Å². The minimum absolute atomic E-state index is 0.343. The third kappa shape index (κ3) is 1.94. The van der Waals surface area contributed by atoms with Crippen molar-refractivity contribution in [1.29, 1.82) is 0 Å². The molecule has 1 fully saturated rings. The van der Waals surface area contributed by atoms with Crippen LogP contribution in [-0.2, 0) is 4.79 Å². The number of carboxylic acid groups (broad SMARTS) is 1. The van der Waals surface area contributed by atoms with Crippen LogP contribution in [0.5, 0.6) is 0 Å². The lowest BCUT2D eigenvalue weighted by molar-refractivity contribution is -0.147. The Morgan fingerprint density at radius 3 is 2.62 bits per heavy atom. The molecular formula is C12H15NO3. The van der Waals surface area contributed by atoms with Gasteiger partial charge in [-0.1, -0.05) is 24.3 Å². The monoisotopic (exact) mass is 221 g/mol. The van der Waals surface area contributed by atoms with Crippen molar-refractivity contribution in [3.8, 4) is 0 Å². The number of likely N-dealkylation sites (tertiary alicyclic amines) is 1. The van der Waals surface area contributed by atoms with Crippen molar-refractivity contribution in [2.75, 3.05) is 20.1 Å². The second-order valence-corrected chi connectivity index (χ2v) is 4.29. The van der Waals surface area contributed by atoms with Crippen LogP contribution < -0.4 is 0 Å². The molecule has 0 amide bonds. The molecule has 4 heteroatoms. The van der Waals surface area contributed by atoms with Gasteiger partial charge in [0.15, 0.2) is 6.10 Å². The van der Waals surface area contributed by atoms with Crippen LogP contribution in [0.1, 0.15) is 23.1 Å².